The fraction of sp³-hybridized carbons (Fsp3) is 0.500. The minimum absolute atomic E-state index is 0.0150. The minimum Gasteiger partial charge on any atom is -0.462 e. The summed E-state index contributed by atoms with van der Waals surface area (Å²) < 4.78 is 6.99. The van der Waals surface area contributed by atoms with Crippen LogP contribution in [0.5, 0.6) is 0 Å². The van der Waals surface area contributed by atoms with E-state index in [2.05, 4.69) is 19.2 Å². The molecule has 1 unspecified atom stereocenters. The van der Waals surface area contributed by atoms with Crippen LogP contribution in [-0.2, 0) is 23.1 Å². The average Bonchev–Trinajstić information content (AvgIpc) is 3.20. The summed E-state index contributed by atoms with van der Waals surface area (Å²) in [7, 11) is 1.96. The van der Waals surface area contributed by atoms with E-state index in [0.717, 1.165) is 5.69 Å². The molecule has 186 valence electrons. The van der Waals surface area contributed by atoms with Crippen molar-refractivity contribution in [3.63, 3.8) is 0 Å². The molecule has 0 aliphatic carbocycles. The van der Waals surface area contributed by atoms with Gasteiger partial charge in [0.15, 0.2) is 0 Å². The SMILES string of the molecule is CCOC(=O)c1ccc(NC(=O)N(CC(=O)N(Cc2cccn2C)CC(C)C)C(C)CC)cc1. The molecule has 2 rings (SSSR count). The van der Waals surface area contributed by atoms with Crippen molar-refractivity contribution >= 4 is 23.6 Å². The normalized spacial score (nSPS) is 11.7. The molecule has 0 spiro atoms. The third-order valence-corrected chi connectivity index (χ3v) is 5.68. The highest BCUT2D eigenvalue weighted by Crippen LogP contribution is 2.15. The Hall–Kier alpha value is -3.29. The van der Waals surface area contributed by atoms with E-state index in [-0.39, 0.29) is 24.5 Å². The maximum absolute atomic E-state index is 13.3. The van der Waals surface area contributed by atoms with Crippen molar-refractivity contribution in [3.05, 3.63) is 53.9 Å². The molecule has 0 radical (unpaired) electrons. The Morgan fingerprint density at radius 3 is 2.26 bits per heavy atom. The first-order chi connectivity index (χ1) is 16.2. The van der Waals surface area contributed by atoms with E-state index in [9.17, 15) is 14.4 Å². The summed E-state index contributed by atoms with van der Waals surface area (Å²) in [6.45, 7) is 11.2. The van der Waals surface area contributed by atoms with Gasteiger partial charge in [0.05, 0.1) is 18.7 Å². The van der Waals surface area contributed by atoms with Crippen LogP contribution in [0.4, 0.5) is 10.5 Å². The zero-order valence-corrected chi connectivity index (χ0v) is 21.2. The van der Waals surface area contributed by atoms with Gasteiger partial charge in [-0.15, -0.1) is 0 Å². The first-order valence-electron chi connectivity index (χ1n) is 11.9. The maximum Gasteiger partial charge on any atom is 0.338 e. The van der Waals surface area contributed by atoms with Crippen molar-refractivity contribution in [2.24, 2.45) is 13.0 Å². The summed E-state index contributed by atoms with van der Waals surface area (Å²) in [5.41, 5.74) is 2.00. The molecule has 0 bridgehead atoms. The molecule has 0 saturated carbocycles. The van der Waals surface area contributed by atoms with Gasteiger partial charge in [0.2, 0.25) is 5.91 Å². The van der Waals surface area contributed by atoms with Gasteiger partial charge in [0.25, 0.3) is 0 Å². The average molecular weight is 471 g/mol. The Morgan fingerprint density at radius 1 is 1.06 bits per heavy atom. The van der Waals surface area contributed by atoms with Crippen molar-refractivity contribution in [1.29, 1.82) is 0 Å². The van der Waals surface area contributed by atoms with Crippen molar-refractivity contribution in [2.45, 2.75) is 53.6 Å². The van der Waals surface area contributed by atoms with Gasteiger partial charge in [-0.05, 0) is 62.6 Å². The Balaban J connectivity index is 2.13. The summed E-state index contributed by atoms with van der Waals surface area (Å²) in [5, 5.41) is 2.86. The molecule has 8 nitrogen and oxygen atoms in total. The molecule has 0 fully saturated rings. The lowest BCUT2D eigenvalue weighted by Gasteiger charge is -2.32. The molecule has 0 saturated heterocycles. The number of nitrogens with zero attached hydrogens (tertiary/aromatic N) is 3. The first-order valence-corrected chi connectivity index (χ1v) is 11.9. The van der Waals surface area contributed by atoms with Crippen LogP contribution in [0.1, 0.15) is 57.1 Å². The second-order valence-electron chi connectivity index (χ2n) is 8.89. The molecule has 0 aliphatic rings. The smallest absolute Gasteiger partial charge is 0.338 e. The van der Waals surface area contributed by atoms with Crippen LogP contribution in [0.25, 0.3) is 0 Å². The Kier molecular flexibility index (Phi) is 10.2. The lowest BCUT2D eigenvalue weighted by molar-refractivity contribution is -0.133. The number of hydrogen-bond donors (Lipinski definition) is 1. The van der Waals surface area contributed by atoms with Crippen LogP contribution in [0.3, 0.4) is 0 Å². The molecule has 1 N–H and O–H groups in total. The number of aryl methyl sites for hydroxylation is 1. The summed E-state index contributed by atoms with van der Waals surface area (Å²) in [5.74, 6) is -0.202. The molecule has 0 aliphatic heterocycles. The number of esters is 1. The van der Waals surface area contributed by atoms with E-state index < -0.39 is 5.97 Å². The van der Waals surface area contributed by atoms with Gasteiger partial charge < -0.3 is 24.4 Å². The van der Waals surface area contributed by atoms with Gasteiger partial charge in [-0.3, -0.25) is 4.79 Å². The van der Waals surface area contributed by atoms with Crippen molar-refractivity contribution in [3.8, 4) is 0 Å². The Bertz CT molecular complexity index is 952. The van der Waals surface area contributed by atoms with Gasteiger partial charge in [0, 0.05) is 37.2 Å². The van der Waals surface area contributed by atoms with Gasteiger partial charge in [-0.2, -0.15) is 0 Å². The van der Waals surface area contributed by atoms with Gasteiger partial charge in [0.1, 0.15) is 6.54 Å². The Morgan fingerprint density at radius 2 is 1.74 bits per heavy atom. The summed E-state index contributed by atoms with van der Waals surface area (Å²) in [4.78, 5) is 41.7. The molecule has 1 aromatic carbocycles. The highest BCUT2D eigenvalue weighted by atomic mass is 16.5. The van der Waals surface area contributed by atoms with Gasteiger partial charge in [-0.1, -0.05) is 20.8 Å². The number of anilines is 1. The predicted octanol–water partition coefficient (Wildman–Crippen LogP) is 4.52. The number of carbonyl (C=O) groups is 3. The number of rotatable bonds is 11. The zero-order valence-electron chi connectivity index (χ0n) is 21.2. The second kappa shape index (κ2) is 12.8. The standard InChI is InChI=1S/C26H38N4O4/c1-7-20(5)30(26(33)27-22-13-11-21(12-14-22)25(32)34-8-2)18-24(31)29(16-19(3)4)17-23-10-9-15-28(23)6/h9-15,19-20H,7-8,16-18H2,1-6H3,(H,27,33). The van der Waals surface area contributed by atoms with Crippen LogP contribution < -0.4 is 5.32 Å². The topological polar surface area (TPSA) is 83.9 Å². The van der Waals surface area contributed by atoms with E-state index in [1.807, 2.05) is 48.7 Å². The van der Waals surface area contributed by atoms with E-state index in [4.69, 9.17) is 4.74 Å². The number of ether oxygens (including phenoxy) is 1. The largest absolute Gasteiger partial charge is 0.462 e. The molecule has 1 aromatic heterocycles. The van der Waals surface area contributed by atoms with E-state index in [1.54, 1.807) is 36.1 Å². The number of carbonyl (C=O) groups excluding carboxylic acids is 3. The van der Waals surface area contributed by atoms with Crippen LogP contribution in [0.2, 0.25) is 0 Å². The Labute approximate surface area is 202 Å². The lowest BCUT2D eigenvalue weighted by atomic mass is 10.2. The number of amides is 3. The number of hydrogen-bond acceptors (Lipinski definition) is 4. The summed E-state index contributed by atoms with van der Waals surface area (Å²) >= 11 is 0. The van der Waals surface area contributed by atoms with E-state index in [0.29, 0.717) is 43.3 Å². The van der Waals surface area contributed by atoms with Crippen molar-refractivity contribution in [2.75, 3.05) is 25.0 Å². The quantitative estimate of drug-likeness (QED) is 0.490. The predicted molar refractivity (Wildman–Crippen MR) is 134 cm³/mol. The van der Waals surface area contributed by atoms with Gasteiger partial charge >= 0.3 is 12.0 Å². The van der Waals surface area contributed by atoms with E-state index in [1.165, 1.54) is 0 Å². The molecule has 34 heavy (non-hydrogen) atoms. The van der Waals surface area contributed by atoms with Gasteiger partial charge in [-0.25, -0.2) is 9.59 Å². The summed E-state index contributed by atoms with van der Waals surface area (Å²) in [6, 6.07) is 10.0. The highest BCUT2D eigenvalue weighted by molar-refractivity contribution is 5.94. The molecule has 3 amide bonds. The third kappa shape index (κ3) is 7.64. The fourth-order valence-corrected chi connectivity index (χ4v) is 3.54. The highest BCUT2D eigenvalue weighted by Gasteiger charge is 2.26. The minimum atomic E-state index is -0.407. The monoisotopic (exact) mass is 470 g/mol. The van der Waals surface area contributed by atoms with Crippen LogP contribution >= 0.6 is 0 Å². The fourth-order valence-electron chi connectivity index (χ4n) is 3.54. The van der Waals surface area contributed by atoms with E-state index >= 15 is 0 Å². The molecule has 1 atom stereocenters. The number of nitrogens with one attached hydrogen (secondary N) is 1. The first kappa shape index (κ1) is 27.0. The van der Waals surface area contributed by atoms with Crippen molar-refractivity contribution in [1.82, 2.24) is 14.4 Å². The lowest BCUT2D eigenvalue weighted by Crippen LogP contribution is -2.48. The zero-order chi connectivity index (χ0) is 25.3. The summed E-state index contributed by atoms with van der Waals surface area (Å²) in [6.07, 6.45) is 2.67. The molecule has 8 heteroatoms. The maximum atomic E-state index is 13.3. The number of aromatic nitrogens is 1. The van der Waals surface area contributed by atoms with Crippen LogP contribution in [-0.4, -0.2) is 58.0 Å². The molecular formula is C26H38N4O4. The molecule has 1 heterocycles. The second-order valence-corrected chi connectivity index (χ2v) is 8.89. The van der Waals surface area contributed by atoms with Crippen molar-refractivity contribution < 1.29 is 19.1 Å². The molecule has 2 aromatic rings. The number of benzene rings is 1. The van der Waals surface area contributed by atoms with Crippen LogP contribution in [0, 0.1) is 5.92 Å². The van der Waals surface area contributed by atoms with Crippen LogP contribution in [0.15, 0.2) is 42.6 Å². The molecular weight excluding hydrogens is 432 g/mol. The number of urea groups is 1. The third-order valence-electron chi connectivity index (χ3n) is 5.68.